The van der Waals surface area contributed by atoms with Gasteiger partial charge in [-0.05, 0) is 48.6 Å². The van der Waals surface area contributed by atoms with Crippen molar-refractivity contribution in [3.63, 3.8) is 0 Å². The Kier molecular flexibility index (Phi) is 7.21. The molecule has 4 N–H and O–H groups in total. The standard InChI is InChI=1S/C21H28N4O/c1-4-16-10-8-11-17(5-2)19(16)25-21(22)24-14-15-9-7-12-18(13-15)20(26)23-6-3/h7-13H,4-6,14H2,1-3H3,(H,23,26)(H3,22,24,25). The van der Waals surface area contributed by atoms with E-state index in [9.17, 15) is 4.79 Å². The summed E-state index contributed by atoms with van der Waals surface area (Å²) < 4.78 is 0. The van der Waals surface area contributed by atoms with Gasteiger partial charge < -0.3 is 16.4 Å². The van der Waals surface area contributed by atoms with Crippen LogP contribution in [0.5, 0.6) is 0 Å². The van der Waals surface area contributed by atoms with Crippen molar-refractivity contribution in [1.82, 2.24) is 5.32 Å². The van der Waals surface area contributed by atoms with E-state index in [-0.39, 0.29) is 5.91 Å². The first-order valence-corrected chi connectivity index (χ1v) is 9.13. The largest absolute Gasteiger partial charge is 0.370 e. The van der Waals surface area contributed by atoms with Gasteiger partial charge >= 0.3 is 0 Å². The summed E-state index contributed by atoms with van der Waals surface area (Å²) in [7, 11) is 0. The first kappa shape index (κ1) is 19.5. The number of hydrogen-bond acceptors (Lipinski definition) is 2. The summed E-state index contributed by atoms with van der Waals surface area (Å²) in [4.78, 5) is 16.4. The van der Waals surface area contributed by atoms with Crippen LogP contribution in [0.2, 0.25) is 0 Å². The van der Waals surface area contributed by atoms with Gasteiger partial charge in [-0.25, -0.2) is 4.99 Å². The lowest BCUT2D eigenvalue weighted by atomic mass is 10.0. The Morgan fingerprint density at radius 2 is 1.69 bits per heavy atom. The van der Waals surface area contributed by atoms with Gasteiger partial charge in [-0.2, -0.15) is 0 Å². The molecular formula is C21H28N4O. The van der Waals surface area contributed by atoms with Gasteiger partial charge in [-0.15, -0.1) is 0 Å². The number of guanidine groups is 1. The Morgan fingerprint density at radius 1 is 1.04 bits per heavy atom. The number of aryl methyl sites for hydroxylation is 2. The van der Waals surface area contributed by atoms with Crippen molar-refractivity contribution in [2.75, 3.05) is 11.9 Å². The number of nitrogens with zero attached hydrogens (tertiary/aromatic N) is 1. The van der Waals surface area contributed by atoms with Gasteiger partial charge in [0, 0.05) is 17.8 Å². The van der Waals surface area contributed by atoms with Gasteiger partial charge in [0.25, 0.3) is 5.91 Å². The van der Waals surface area contributed by atoms with Crippen LogP contribution in [0.4, 0.5) is 5.69 Å². The number of aliphatic imine (C=N–C) groups is 1. The van der Waals surface area contributed by atoms with Gasteiger partial charge in [-0.1, -0.05) is 44.2 Å². The maximum Gasteiger partial charge on any atom is 0.251 e. The quantitative estimate of drug-likeness (QED) is 0.527. The van der Waals surface area contributed by atoms with E-state index in [2.05, 4.69) is 47.7 Å². The second-order valence-electron chi connectivity index (χ2n) is 6.04. The van der Waals surface area contributed by atoms with Crippen LogP contribution in [0.25, 0.3) is 0 Å². The lowest BCUT2D eigenvalue weighted by Crippen LogP contribution is -2.24. The highest BCUT2D eigenvalue weighted by Crippen LogP contribution is 2.22. The van der Waals surface area contributed by atoms with Crippen LogP contribution in [0.3, 0.4) is 0 Å². The van der Waals surface area contributed by atoms with E-state index >= 15 is 0 Å². The van der Waals surface area contributed by atoms with Crippen LogP contribution in [0, 0.1) is 0 Å². The molecule has 2 aromatic carbocycles. The lowest BCUT2D eigenvalue weighted by molar-refractivity contribution is 0.0955. The van der Waals surface area contributed by atoms with E-state index < -0.39 is 0 Å². The molecule has 2 aromatic rings. The van der Waals surface area contributed by atoms with Gasteiger partial charge in [0.1, 0.15) is 0 Å². The Balaban J connectivity index is 2.12. The predicted molar refractivity (Wildman–Crippen MR) is 109 cm³/mol. The molecule has 0 spiro atoms. The second kappa shape index (κ2) is 9.61. The molecule has 0 aliphatic rings. The van der Waals surface area contributed by atoms with Crippen LogP contribution in [-0.2, 0) is 19.4 Å². The van der Waals surface area contributed by atoms with Gasteiger partial charge in [-0.3, -0.25) is 4.79 Å². The topological polar surface area (TPSA) is 79.5 Å². The molecule has 0 atom stereocenters. The second-order valence-corrected chi connectivity index (χ2v) is 6.04. The SMILES string of the molecule is CCNC(=O)c1cccc(CN=C(N)Nc2c(CC)cccc2CC)c1. The molecule has 0 saturated heterocycles. The van der Waals surface area contributed by atoms with Crippen molar-refractivity contribution in [3.05, 3.63) is 64.7 Å². The fourth-order valence-electron chi connectivity index (χ4n) is 2.82. The zero-order valence-corrected chi connectivity index (χ0v) is 15.8. The maximum atomic E-state index is 11.9. The summed E-state index contributed by atoms with van der Waals surface area (Å²) in [6.07, 6.45) is 1.86. The van der Waals surface area contributed by atoms with Gasteiger partial charge in [0.15, 0.2) is 5.96 Å². The molecule has 0 heterocycles. The normalized spacial score (nSPS) is 11.3. The van der Waals surface area contributed by atoms with Crippen molar-refractivity contribution in [1.29, 1.82) is 0 Å². The molecule has 0 fully saturated rings. The highest BCUT2D eigenvalue weighted by Gasteiger charge is 2.08. The summed E-state index contributed by atoms with van der Waals surface area (Å²) in [6.45, 7) is 7.17. The summed E-state index contributed by atoms with van der Waals surface area (Å²) in [5, 5.41) is 6.06. The number of benzene rings is 2. The Morgan fingerprint density at radius 3 is 2.31 bits per heavy atom. The van der Waals surface area contributed by atoms with Crippen LogP contribution in [0.15, 0.2) is 47.5 Å². The molecule has 26 heavy (non-hydrogen) atoms. The number of hydrogen-bond donors (Lipinski definition) is 3. The lowest BCUT2D eigenvalue weighted by Gasteiger charge is -2.15. The van der Waals surface area contributed by atoms with Crippen LogP contribution in [-0.4, -0.2) is 18.4 Å². The van der Waals surface area contributed by atoms with Crippen molar-refractivity contribution in [2.45, 2.75) is 40.2 Å². The third-order valence-electron chi connectivity index (χ3n) is 4.21. The summed E-state index contributed by atoms with van der Waals surface area (Å²) >= 11 is 0. The fourth-order valence-corrected chi connectivity index (χ4v) is 2.82. The Labute approximate surface area is 155 Å². The Hall–Kier alpha value is -2.82. The van der Waals surface area contributed by atoms with Crippen molar-refractivity contribution in [3.8, 4) is 0 Å². The van der Waals surface area contributed by atoms with E-state index in [0.717, 1.165) is 24.1 Å². The molecule has 0 saturated carbocycles. The van der Waals surface area contributed by atoms with E-state index in [0.29, 0.717) is 24.6 Å². The molecule has 5 heteroatoms. The average Bonchev–Trinajstić information content (AvgIpc) is 2.67. The van der Waals surface area contributed by atoms with Crippen LogP contribution in [0.1, 0.15) is 47.8 Å². The Bertz CT molecular complexity index is 761. The van der Waals surface area contributed by atoms with Crippen molar-refractivity contribution >= 4 is 17.6 Å². The van der Waals surface area contributed by atoms with E-state index in [4.69, 9.17) is 5.73 Å². The number of anilines is 1. The third-order valence-corrected chi connectivity index (χ3v) is 4.21. The minimum Gasteiger partial charge on any atom is -0.370 e. The van der Waals surface area contributed by atoms with E-state index in [1.807, 2.05) is 25.1 Å². The molecule has 0 radical (unpaired) electrons. The number of amides is 1. The third kappa shape index (κ3) is 5.09. The van der Waals surface area contributed by atoms with Gasteiger partial charge in [0.2, 0.25) is 0 Å². The molecule has 5 nitrogen and oxygen atoms in total. The zero-order chi connectivity index (χ0) is 18.9. The molecular weight excluding hydrogens is 324 g/mol. The molecule has 138 valence electrons. The summed E-state index contributed by atoms with van der Waals surface area (Å²) in [5.41, 5.74) is 11.2. The number of para-hydroxylation sites is 1. The first-order chi connectivity index (χ1) is 12.6. The highest BCUT2D eigenvalue weighted by molar-refractivity contribution is 5.95. The van der Waals surface area contributed by atoms with E-state index in [1.165, 1.54) is 11.1 Å². The summed E-state index contributed by atoms with van der Waals surface area (Å²) in [6, 6.07) is 13.7. The van der Waals surface area contributed by atoms with Crippen molar-refractivity contribution in [2.24, 2.45) is 10.7 Å². The molecule has 0 unspecified atom stereocenters. The number of carbonyl (C=O) groups excluding carboxylic acids is 1. The monoisotopic (exact) mass is 352 g/mol. The average molecular weight is 352 g/mol. The predicted octanol–water partition coefficient (Wildman–Crippen LogP) is 3.49. The molecule has 0 aliphatic heterocycles. The highest BCUT2D eigenvalue weighted by atomic mass is 16.1. The number of rotatable bonds is 7. The molecule has 0 aromatic heterocycles. The van der Waals surface area contributed by atoms with E-state index in [1.54, 1.807) is 6.07 Å². The maximum absolute atomic E-state index is 11.9. The molecule has 1 amide bonds. The number of nitrogens with one attached hydrogen (secondary N) is 2. The minimum absolute atomic E-state index is 0.0751. The zero-order valence-electron chi connectivity index (χ0n) is 15.8. The minimum atomic E-state index is -0.0751. The summed E-state index contributed by atoms with van der Waals surface area (Å²) in [5.74, 6) is 0.304. The first-order valence-electron chi connectivity index (χ1n) is 9.13. The molecule has 2 rings (SSSR count). The molecule has 0 bridgehead atoms. The van der Waals surface area contributed by atoms with Crippen LogP contribution >= 0.6 is 0 Å². The van der Waals surface area contributed by atoms with Crippen molar-refractivity contribution < 1.29 is 4.79 Å². The number of nitrogens with two attached hydrogens (primary N) is 1. The van der Waals surface area contributed by atoms with Crippen LogP contribution < -0.4 is 16.4 Å². The smallest absolute Gasteiger partial charge is 0.251 e. The number of carbonyl (C=O) groups is 1. The fraction of sp³-hybridized carbons (Fsp3) is 0.333. The molecule has 0 aliphatic carbocycles. The van der Waals surface area contributed by atoms with Gasteiger partial charge in [0.05, 0.1) is 6.54 Å².